The third-order valence-electron chi connectivity index (χ3n) is 3.64. The maximum absolute atomic E-state index is 11.7. The van der Waals surface area contributed by atoms with Crippen LogP contribution in [-0.2, 0) is 16.1 Å². The van der Waals surface area contributed by atoms with Gasteiger partial charge < -0.3 is 15.5 Å². The average molecular weight is 326 g/mol. The van der Waals surface area contributed by atoms with E-state index in [9.17, 15) is 9.59 Å². The number of hydrogen-bond acceptors (Lipinski definition) is 3. The number of carbonyl (C=O) groups excluding carboxylic acids is 2. The smallest absolute Gasteiger partial charge is 0.227 e. The molecule has 1 aromatic carbocycles. The quantitative estimate of drug-likeness (QED) is 0.752. The zero-order valence-electron chi connectivity index (χ0n) is 12.9. The molecule has 1 aromatic rings. The Labute approximate surface area is 137 Å². The summed E-state index contributed by atoms with van der Waals surface area (Å²) in [6.45, 7) is 2.19. The molecule has 1 saturated heterocycles. The highest BCUT2D eigenvalue weighted by Crippen LogP contribution is 2.21. The van der Waals surface area contributed by atoms with E-state index in [0.717, 1.165) is 37.2 Å². The molecule has 5 nitrogen and oxygen atoms in total. The van der Waals surface area contributed by atoms with Gasteiger partial charge in [0.25, 0.3) is 0 Å². The highest BCUT2D eigenvalue weighted by molar-refractivity contribution is 5.95. The predicted octanol–water partition coefficient (Wildman–Crippen LogP) is 1.85. The van der Waals surface area contributed by atoms with Gasteiger partial charge in [-0.1, -0.05) is 12.1 Å². The fourth-order valence-electron chi connectivity index (χ4n) is 2.43. The van der Waals surface area contributed by atoms with E-state index >= 15 is 0 Å². The molecule has 1 heterocycles. The molecule has 0 spiro atoms. The van der Waals surface area contributed by atoms with Crippen molar-refractivity contribution in [1.29, 1.82) is 0 Å². The van der Waals surface area contributed by atoms with Gasteiger partial charge in [-0.25, -0.2) is 0 Å². The molecule has 2 rings (SSSR count). The van der Waals surface area contributed by atoms with Crippen LogP contribution in [0.3, 0.4) is 0 Å². The lowest BCUT2D eigenvalue weighted by molar-refractivity contribution is -0.121. The molecule has 2 N–H and O–H groups in total. The number of hydrogen-bond donors (Lipinski definition) is 2. The molecule has 0 saturated carbocycles. The minimum Gasteiger partial charge on any atom is -0.352 e. The van der Waals surface area contributed by atoms with Gasteiger partial charge in [0.15, 0.2) is 0 Å². The van der Waals surface area contributed by atoms with E-state index in [1.165, 1.54) is 0 Å². The van der Waals surface area contributed by atoms with Crippen LogP contribution >= 0.6 is 12.4 Å². The van der Waals surface area contributed by atoms with Gasteiger partial charge in [0.05, 0.1) is 0 Å². The van der Waals surface area contributed by atoms with Crippen LogP contribution in [0.1, 0.15) is 31.2 Å². The Hall–Kier alpha value is -1.59. The van der Waals surface area contributed by atoms with Crippen molar-refractivity contribution in [2.45, 2.75) is 32.2 Å². The molecule has 122 valence electrons. The number of amides is 2. The highest BCUT2D eigenvalue weighted by Gasteiger charge is 2.21. The summed E-state index contributed by atoms with van der Waals surface area (Å²) in [7, 11) is 1.88. The maximum Gasteiger partial charge on any atom is 0.227 e. The minimum absolute atomic E-state index is 0. The summed E-state index contributed by atoms with van der Waals surface area (Å²) in [6, 6.07) is 7.83. The summed E-state index contributed by atoms with van der Waals surface area (Å²) in [6.07, 6.45) is 2.97. The maximum atomic E-state index is 11.7. The third kappa shape index (κ3) is 5.31. The molecule has 0 aliphatic carbocycles. The van der Waals surface area contributed by atoms with Crippen molar-refractivity contribution in [2.75, 3.05) is 25.0 Å². The largest absolute Gasteiger partial charge is 0.352 e. The van der Waals surface area contributed by atoms with Crippen LogP contribution in [0.5, 0.6) is 0 Å². The first kappa shape index (κ1) is 18.5. The van der Waals surface area contributed by atoms with Crippen LogP contribution in [0.25, 0.3) is 0 Å². The molecular formula is C16H24ClN3O2. The van der Waals surface area contributed by atoms with Gasteiger partial charge in [0.1, 0.15) is 0 Å². The molecule has 0 radical (unpaired) electrons. The van der Waals surface area contributed by atoms with Crippen LogP contribution in [0, 0.1) is 0 Å². The summed E-state index contributed by atoms with van der Waals surface area (Å²) >= 11 is 0. The van der Waals surface area contributed by atoms with Crippen molar-refractivity contribution in [3.05, 3.63) is 29.8 Å². The standard InChI is InChI=1S/C16H23N3O2.ClH/c1-17-10-2-4-15(20)18-12-13-6-8-14(9-7-13)19-11-3-5-16(19)21;/h6-9,17H,2-5,10-12H2,1H3,(H,18,20);1H. The number of nitrogens with one attached hydrogen (secondary N) is 2. The summed E-state index contributed by atoms with van der Waals surface area (Å²) < 4.78 is 0. The topological polar surface area (TPSA) is 61.4 Å². The molecule has 2 amide bonds. The Bertz CT molecular complexity index is 491. The van der Waals surface area contributed by atoms with E-state index in [4.69, 9.17) is 0 Å². The first-order valence-corrected chi connectivity index (χ1v) is 7.51. The fraction of sp³-hybridized carbons (Fsp3) is 0.500. The summed E-state index contributed by atoms with van der Waals surface area (Å²) in [5, 5.41) is 5.93. The lowest BCUT2D eigenvalue weighted by Gasteiger charge is -2.16. The van der Waals surface area contributed by atoms with Gasteiger partial charge in [0.2, 0.25) is 11.8 Å². The van der Waals surface area contributed by atoms with Crippen molar-refractivity contribution in [1.82, 2.24) is 10.6 Å². The lowest BCUT2D eigenvalue weighted by atomic mass is 10.2. The van der Waals surface area contributed by atoms with Crippen molar-refractivity contribution in [3.63, 3.8) is 0 Å². The van der Waals surface area contributed by atoms with E-state index in [2.05, 4.69) is 10.6 Å². The monoisotopic (exact) mass is 325 g/mol. The van der Waals surface area contributed by atoms with E-state index in [0.29, 0.717) is 19.4 Å². The number of benzene rings is 1. The van der Waals surface area contributed by atoms with E-state index in [1.54, 1.807) is 0 Å². The van der Waals surface area contributed by atoms with Gasteiger partial charge in [-0.15, -0.1) is 12.4 Å². The molecule has 0 aromatic heterocycles. The SMILES string of the molecule is CNCCCC(=O)NCc1ccc(N2CCCC2=O)cc1.Cl. The first-order valence-electron chi connectivity index (χ1n) is 7.51. The number of carbonyl (C=O) groups is 2. The Kier molecular flexibility index (Phi) is 7.91. The van der Waals surface area contributed by atoms with Gasteiger partial charge in [-0.3, -0.25) is 9.59 Å². The van der Waals surface area contributed by atoms with Crippen LogP contribution in [0.4, 0.5) is 5.69 Å². The molecule has 22 heavy (non-hydrogen) atoms. The lowest BCUT2D eigenvalue weighted by Crippen LogP contribution is -2.24. The van der Waals surface area contributed by atoms with E-state index in [1.807, 2.05) is 36.2 Å². The zero-order valence-corrected chi connectivity index (χ0v) is 13.7. The third-order valence-corrected chi connectivity index (χ3v) is 3.64. The van der Waals surface area contributed by atoms with Gasteiger partial charge >= 0.3 is 0 Å². The Balaban J connectivity index is 0.00000242. The number of rotatable bonds is 7. The number of anilines is 1. The Morgan fingerprint density at radius 3 is 2.59 bits per heavy atom. The summed E-state index contributed by atoms with van der Waals surface area (Å²) in [5.41, 5.74) is 1.99. The van der Waals surface area contributed by atoms with Crippen molar-refractivity contribution in [3.8, 4) is 0 Å². The molecule has 1 aliphatic rings. The normalized spacial score (nSPS) is 13.9. The number of nitrogens with zero attached hydrogens (tertiary/aromatic N) is 1. The fourth-order valence-corrected chi connectivity index (χ4v) is 2.43. The van der Waals surface area contributed by atoms with Crippen LogP contribution in [0.2, 0.25) is 0 Å². The Morgan fingerprint density at radius 2 is 2.00 bits per heavy atom. The zero-order chi connectivity index (χ0) is 15.1. The number of halogens is 1. The Morgan fingerprint density at radius 1 is 1.27 bits per heavy atom. The molecule has 1 fully saturated rings. The second-order valence-corrected chi connectivity index (χ2v) is 5.30. The van der Waals surface area contributed by atoms with Gasteiger partial charge in [0, 0.05) is 31.6 Å². The van der Waals surface area contributed by atoms with Crippen LogP contribution in [0.15, 0.2) is 24.3 Å². The van der Waals surface area contributed by atoms with Crippen molar-refractivity contribution >= 4 is 29.9 Å². The summed E-state index contributed by atoms with van der Waals surface area (Å²) in [4.78, 5) is 25.1. The van der Waals surface area contributed by atoms with Gasteiger partial charge in [-0.2, -0.15) is 0 Å². The van der Waals surface area contributed by atoms with Crippen LogP contribution in [-0.4, -0.2) is 32.0 Å². The molecule has 0 bridgehead atoms. The van der Waals surface area contributed by atoms with Crippen LogP contribution < -0.4 is 15.5 Å². The second kappa shape index (κ2) is 9.43. The van der Waals surface area contributed by atoms with Crippen molar-refractivity contribution in [2.24, 2.45) is 0 Å². The molecule has 0 unspecified atom stereocenters. The average Bonchev–Trinajstić information content (AvgIpc) is 2.92. The predicted molar refractivity (Wildman–Crippen MR) is 90.3 cm³/mol. The second-order valence-electron chi connectivity index (χ2n) is 5.30. The minimum atomic E-state index is 0. The highest BCUT2D eigenvalue weighted by atomic mass is 35.5. The van der Waals surface area contributed by atoms with Crippen molar-refractivity contribution < 1.29 is 9.59 Å². The molecule has 1 aliphatic heterocycles. The molecule has 0 atom stereocenters. The van der Waals surface area contributed by atoms with E-state index < -0.39 is 0 Å². The summed E-state index contributed by atoms with van der Waals surface area (Å²) in [5.74, 6) is 0.268. The first-order chi connectivity index (χ1) is 10.2. The van der Waals surface area contributed by atoms with E-state index in [-0.39, 0.29) is 24.2 Å². The molecular weight excluding hydrogens is 302 g/mol. The molecule has 6 heteroatoms. The van der Waals surface area contributed by atoms with Gasteiger partial charge in [-0.05, 0) is 44.1 Å².